The third-order valence-corrected chi connectivity index (χ3v) is 1.94. The number of rotatable bonds is 1. The maximum Gasteiger partial charge on any atom is 0.109 e. The van der Waals surface area contributed by atoms with Crippen molar-refractivity contribution in [2.24, 2.45) is 0 Å². The lowest BCUT2D eigenvalue weighted by atomic mass is 9.97. The quantitative estimate of drug-likeness (QED) is 0.285. The van der Waals surface area contributed by atoms with Gasteiger partial charge < -0.3 is 25.7 Å². The molecule has 1 saturated heterocycles. The van der Waals surface area contributed by atoms with Crippen LogP contribution in [0.25, 0.3) is 0 Å². The van der Waals surface area contributed by atoms with Crippen molar-refractivity contribution in [3.8, 4) is 0 Å². The number of piperidine rings is 1. The van der Waals surface area contributed by atoms with Gasteiger partial charge in [0.2, 0.25) is 0 Å². The molecule has 0 spiro atoms. The number of aliphatic hydroxyl groups is 4. The third-order valence-electron chi connectivity index (χ3n) is 1.94. The van der Waals surface area contributed by atoms with E-state index in [9.17, 15) is 5.11 Å². The van der Waals surface area contributed by atoms with Gasteiger partial charge in [-0.25, -0.2) is 0 Å². The summed E-state index contributed by atoms with van der Waals surface area (Å²) in [4.78, 5) is 0. The fourth-order valence-electron chi connectivity index (χ4n) is 1.15. The second-order valence-corrected chi connectivity index (χ2v) is 2.75. The van der Waals surface area contributed by atoms with E-state index in [1.165, 1.54) is 0 Å². The summed E-state index contributed by atoms with van der Waals surface area (Å²) in [6.45, 7) is -0.0472. The van der Waals surface area contributed by atoms with E-state index in [0.29, 0.717) is 0 Å². The summed E-state index contributed by atoms with van der Waals surface area (Å²) in [5, 5.41) is 38.6. The van der Waals surface area contributed by atoms with Crippen LogP contribution >= 0.6 is 0 Å². The van der Waals surface area contributed by atoms with Gasteiger partial charge in [0.25, 0.3) is 0 Å². The molecular formula is C6H13NO4. The Morgan fingerprint density at radius 1 is 1.18 bits per heavy atom. The lowest BCUT2D eigenvalue weighted by Gasteiger charge is -2.34. The van der Waals surface area contributed by atoms with Crippen molar-refractivity contribution in [2.75, 3.05) is 13.2 Å². The molecule has 0 amide bonds. The first-order chi connectivity index (χ1) is 5.16. The van der Waals surface area contributed by atoms with Gasteiger partial charge in [-0.05, 0) is 0 Å². The molecule has 1 fully saturated rings. The van der Waals surface area contributed by atoms with Crippen molar-refractivity contribution in [1.29, 1.82) is 0 Å². The van der Waals surface area contributed by atoms with E-state index in [1.54, 1.807) is 0 Å². The van der Waals surface area contributed by atoms with E-state index in [2.05, 4.69) is 5.32 Å². The van der Waals surface area contributed by atoms with Crippen LogP contribution in [0.1, 0.15) is 0 Å². The minimum absolute atomic E-state index is 0.198. The number of nitrogens with one attached hydrogen (secondary N) is 1. The molecule has 1 heterocycles. The molecule has 1 aliphatic heterocycles. The van der Waals surface area contributed by atoms with Crippen LogP contribution in [-0.4, -0.2) is 57.9 Å². The van der Waals surface area contributed by atoms with Crippen molar-refractivity contribution < 1.29 is 20.4 Å². The first-order valence-corrected chi connectivity index (χ1v) is 3.55. The Hall–Kier alpha value is -0.200. The molecule has 5 heteroatoms. The van der Waals surface area contributed by atoms with Crippen LogP contribution in [0.4, 0.5) is 0 Å². The molecule has 11 heavy (non-hydrogen) atoms. The molecule has 5 nitrogen and oxygen atoms in total. The number of β-amino-alcohol motifs (C(OH)–C–C–N with tert-alkyl or cyclic N) is 1. The highest BCUT2D eigenvalue weighted by Gasteiger charge is 2.35. The zero-order chi connectivity index (χ0) is 8.43. The molecule has 1 aliphatic rings. The number of aliphatic hydroxyl groups excluding tert-OH is 4. The largest absolute Gasteiger partial charge is 0.395 e. The van der Waals surface area contributed by atoms with Crippen molar-refractivity contribution in [1.82, 2.24) is 5.32 Å². The molecule has 5 N–H and O–H groups in total. The molecular weight excluding hydrogens is 150 g/mol. The third kappa shape index (κ3) is 1.69. The number of hydrogen-bond acceptors (Lipinski definition) is 5. The summed E-state index contributed by atoms with van der Waals surface area (Å²) in [6.07, 6.45) is -3.20. The van der Waals surface area contributed by atoms with Crippen LogP contribution in [0.3, 0.4) is 0 Å². The zero-order valence-electron chi connectivity index (χ0n) is 6.01. The van der Waals surface area contributed by atoms with E-state index in [0.717, 1.165) is 0 Å². The Kier molecular flexibility index (Phi) is 2.80. The van der Waals surface area contributed by atoms with Gasteiger partial charge in [-0.3, -0.25) is 0 Å². The fraction of sp³-hybridized carbons (Fsp3) is 1.00. The molecule has 0 aromatic carbocycles. The van der Waals surface area contributed by atoms with E-state index in [1.807, 2.05) is 0 Å². The van der Waals surface area contributed by atoms with Crippen molar-refractivity contribution in [3.05, 3.63) is 0 Å². The first kappa shape index (κ1) is 8.89. The molecule has 4 atom stereocenters. The molecule has 66 valence electrons. The molecule has 0 saturated carbocycles. The molecule has 1 rings (SSSR count). The van der Waals surface area contributed by atoms with Crippen molar-refractivity contribution >= 4 is 0 Å². The summed E-state index contributed by atoms with van der Waals surface area (Å²) >= 11 is 0. The van der Waals surface area contributed by atoms with Crippen LogP contribution in [0.2, 0.25) is 0 Å². The van der Waals surface area contributed by atoms with Crippen LogP contribution in [0, 0.1) is 0 Å². The van der Waals surface area contributed by atoms with E-state index in [4.69, 9.17) is 15.3 Å². The molecule has 0 aromatic heterocycles. The summed E-state index contributed by atoms with van der Waals surface area (Å²) in [5.41, 5.74) is 0. The Balaban J connectivity index is 2.52. The van der Waals surface area contributed by atoms with Crippen molar-refractivity contribution in [3.63, 3.8) is 0 Å². The van der Waals surface area contributed by atoms with E-state index >= 15 is 0 Å². The SMILES string of the molecule is OC[C@H]1NCC(O)[C@@H](O)C1O. The maximum absolute atomic E-state index is 9.18. The Morgan fingerprint density at radius 3 is 2.36 bits per heavy atom. The highest BCUT2D eigenvalue weighted by molar-refractivity contribution is 4.91. The number of hydrogen-bond donors (Lipinski definition) is 5. The summed E-state index contributed by atoms with van der Waals surface area (Å²) < 4.78 is 0. The summed E-state index contributed by atoms with van der Waals surface area (Å²) in [7, 11) is 0. The summed E-state index contributed by atoms with van der Waals surface area (Å²) in [5.74, 6) is 0. The topological polar surface area (TPSA) is 93.0 Å². The molecule has 2 unspecified atom stereocenters. The molecule has 0 radical (unpaired) electrons. The van der Waals surface area contributed by atoms with Gasteiger partial charge in [0, 0.05) is 6.54 Å². The smallest absolute Gasteiger partial charge is 0.109 e. The lowest BCUT2D eigenvalue weighted by molar-refractivity contribution is -0.101. The molecule has 0 aliphatic carbocycles. The second kappa shape index (κ2) is 3.46. The first-order valence-electron chi connectivity index (χ1n) is 3.55. The Labute approximate surface area is 64.3 Å². The Bertz CT molecular complexity index is 130. The zero-order valence-corrected chi connectivity index (χ0v) is 6.01. The monoisotopic (exact) mass is 163 g/mol. The lowest BCUT2D eigenvalue weighted by Crippen LogP contribution is -2.60. The molecule has 0 bridgehead atoms. The van der Waals surface area contributed by atoms with E-state index < -0.39 is 24.4 Å². The predicted octanol–water partition coefficient (Wildman–Crippen LogP) is -2.97. The normalized spacial score (nSPS) is 45.8. The average molecular weight is 163 g/mol. The minimum Gasteiger partial charge on any atom is -0.395 e. The van der Waals surface area contributed by atoms with Gasteiger partial charge in [-0.1, -0.05) is 0 Å². The predicted molar refractivity (Wildman–Crippen MR) is 36.9 cm³/mol. The fourth-order valence-corrected chi connectivity index (χ4v) is 1.15. The summed E-state index contributed by atoms with van der Waals surface area (Å²) in [6, 6.07) is -0.534. The van der Waals surface area contributed by atoms with Crippen LogP contribution < -0.4 is 5.32 Å². The van der Waals surface area contributed by atoms with Gasteiger partial charge >= 0.3 is 0 Å². The highest BCUT2D eigenvalue weighted by atomic mass is 16.4. The van der Waals surface area contributed by atoms with E-state index in [-0.39, 0.29) is 13.2 Å². The Morgan fingerprint density at radius 2 is 1.82 bits per heavy atom. The molecule has 0 aromatic rings. The van der Waals surface area contributed by atoms with Crippen molar-refractivity contribution in [2.45, 2.75) is 24.4 Å². The van der Waals surface area contributed by atoms with Crippen LogP contribution in [0.15, 0.2) is 0 Å². The van der Waals surface area contributed by atoms with Gasteiger partial charge in [0.1, 0.15) is 6.10 Å². The maximum atomic E-state index is 9.18. The van der Waals surface area contributed by atoms with Crippen LogP contribution in [0.5, 0.6) is 0 Å². The van der Waals surface area contributed by atoms with Gasteiger partial charge in [0.05, 0.1) is 24.9 Å². The standard InChI is InChI=1S/C6H13NO4/c8-2-3-5(10)6(11)4(9)1-7-3/h3-11H,1-2H2/t3-,4?,5?,6-/m1/s1. The van der Waals surface area contributed by atoms with Gasteiger partial charge in [-0.2, -0.15) is 0 Å². The minimum atomic E-state index is -1.16. The highest BCUT2D eigenvalue weighted by Crippen LogP contribution is 2.09. The van der Waals surface area contributed by atoms with Gasteiger partial charge in [0.15, 0.2) is 0 Å². The second-order valence-electron chi connectivity index (χ2n) is 2.75. The average Bonchev–Trinajstić information content (AvgIpc) is 2.01. The van der Waals surface area contributed by atoms with Gasteiger partial charge in [-0.15, -0.1) is 0 Å². The van der Waals surface area contributed by atoms with Crippen LogP contribution in [-0.2, 0) is 0 Å².